The van der Waals surface area contributed by atoms with Gasteiger partial charge in [0.05, 0.1) is 26.5 Å². The maximum absolute atomic E-state index is 13.5. The number of halogens is 2. The zero-order chi connectivity index (χ0) is 22.9. The first-order valence-corrected chi connectivity index (χ1v) is 10.7. The number of benzene rings is 1. The number of methoxy groups -OCH3 is 1. The van der Waals surface area contributed by atoms with E-state index in [1.165, 1.54) is 38.4 Å². The number of hydrogen-bond donors (Lipinski definition) is 1. The Morgan fingerprint density at radius 3 is 2.69 bits per heavy atom. The predicted molar refractivity (Wildman–Crippen MR) is 117 cm³/mol. The standard InChI is InChI=1S/C21H22F2N4O4S/c1-21(2,31-12-4-5-13(22)14(23)10-12)19(28)26-20-25-16-15(29-3)11-24-18(17(16)32-20)27-6-8-30-9-7-27/h4-5,10-11H,6-9H2,1-3H3,(H,25,26,28). The lowest BCUT2D eigenvalue weighted by molar-refractivity contribution is -0.128. The van der Waals surface area contributed by atoms with Crippen molar-refractivity contribution in [2.24, 2.45) is 0 Å². The summed E-state index contributed by atoms with van der Waals surface area (Å²) in [6.07, 6.45) is 1.61. The summed E-state index contributed by atoms with van der Waals surface area (Å²) >= 11 is 1.27. The van der Waals surface area contributed by atoms with Gasteiger partial charge in [0.1, 0.15) is 21.8 Å². The molecule has 1 fully saturated rings. The van der Waals surface area contributed by atoms with Crippen molar-refractivity contribution in [1.29, 1.82) is 0 Å². The number of hydrogen-bond acceptors (Lipinski definition) is 8. The highest BCUT2D eigenvalue weighted by atomic mass is 32.1. The van der Waals surface area contributed by atoms with E-state index in [1.54, 1.807) is 6.20 Å². The molecular weight excluding hydrogens is 442 g/mol. The number of nitrogens with zero attached hydrogens (tertiary/aromatic N) is 3. The third-order valence-corrected chi connectivity index (χ3v) is 5.90. The van der Waals surface area contributed by atoms with E-state index in [-0.39, 0.29) is 5.75 Å². The van der Waals surface area contributed by atoms with Crippen molar-refractivity contribution in [3.8, 4) is 11.5 Å². The van der Waals surface area contributed by atoms with Crippen molar-refractivity contribution in [2.45, 2.75) is 19.4 Å². The molecule has 1 aromatic carbocycles. The van der Waals surface area contributed by atoms with E-state index in [0.29, 0.717) is 42.7 Å². The summed E-state index contributed by atoms with van der Waals surface area (Å²) in [4.78, 5) is 24.0. The second kappa shape index (κ2) is 8.83. The van der Waals surface area contributed by atoms with Crippen LogP contribution in [0.1, 0.15) is 13.8 Å². The minimum absolute atomic E-state index is 0.0359. The van der Waals surface area contributed by atoms with Crippen LogP contribution in [0, 0.1) is 11.6 Å². The van der Waals surface area contributed by atoms with Gasteiger partial charge in [-0.05, 0) is 26.0 Å². The van der Waals surface area contributed by atoms with Crippen molar-refractivity contribution in [2.75, 3.05) is 43.6 Å². The molecule has 8 nitrogen and oxygen atoms in total. The highest BCUT2D eigenvalue weighted by Gasteiger charge is 2.32. The van der Waals surface area contributed by atoms with Crippen LogP contribution in [0.3, 0.4) is 0 Å². The molecule has 0 saturated carbocycles. The van der Waals surface area contributed by atoms with Crippen molar-refractivity contribution in [3.63, 3.8) is 0 Å². The summed E-state index contributed by atoms with van der Waals surface area (Å²) in [5.41, 5.74) is -0.791. The summed E-state index contributed by atoms with van der Waals surface area (Å²) in [5.74, 6) is -1.27. The number of pyridine rings is 1. The zero-order valence-corrected chi connectivity index (χ0v) is 18.6. The lowest BCUT2D eigenvalue weighted by Crippen LogP contribution is -2.42. The number of thiazole rings is 1. The van der Waals surface area contributed by atoms with Crippen LogP contribution in [-0.4, -0.2) is 54.9 Å². The molecule has 1 amide bonds. The first kappa shape index (κ1) is 22.2. The molecule has 3 aromatic rings. The Kier molecular flexibility index (Phi) is 6.11. The summed E-state index contributed by atoms with van der Waals surface area (Å²) in [7, 11) is 1.53. The topological polar surface area (TPSA) is 85.8 Å². The molecule has 170 valence electrons. The normalized spacial score (nSPS) is 14.5. The Bertz CT molecular complexity index is 1150. The van der Waals surface area contributed by atoms with E-state index in [0.717, 1.165) is 22.7 Å². The molecule has 1 aliphatic rings. The highest BCUT2D eigenvalue weighted by Crippen LogP contribution is 2.38. The molecule has 0 unspecified atom stereocenters. The minimum Gasteiger partial charge on any atom is -0.493 e. The van der Waals surface area contributed by atoms with Gasteiger partial charge in [0.2, 0.25) is 0 Å². The SMILES string of the molecule is COc1cnc(N2CCOCC2)c2sc(NC(=O)C(C)(C)Oc3ccc(F)c(F)c3)nc12. The van der Waals surface area contributed by atoms with Crippen LogP contribution < -0.4 is 19.7 Å². The number of ether oxygens (including phenoxy) is 3. The van der Waals surface area contributed by atoms with Gasteiger partial charge in [-0.3, -0.25) is 10.1 Å². The molecule has 32 heavy (non-hydrogen) atoms. The molecule has 0 spiro atoms. The molecular formula is C21H22F2N4O4S. The van der Waals surface area contributed by atoms with Gasteiger partial charge in [-0.2, -0.15) is 0 Å². The van der Waals surface area contributed by atoms with Gasteiger partial charge < -0.3 is 19.1 Å². The van der Waals surface area contributed by atoms with Crippen LogP contribution in [-0.2, 0) is 9.53 Å². The van der Waals surface area contributed by atoms with E-state index >= 15 is 0 Å². The summed E-state index contributed by atoms with van der Waals surface area (Å²) in [5, 5.41) is 3.09. The third kappa shape index (κ3) is 4.44. The molecule has 0 aliphatic carbocycles. The largest absolute Gasteiger partial charge is 0.493 e. The third-order valence-electron chi connectivity index (χ3n) is 4.93. The number of anilines is 2. The second-order valence-electron chi connectivity index (χ2n) is 7.59. The molecule has 3 heterocycles. The van der Waals surface area contributed by atoms with Crippen molar-refractivity contribution < 1.29 is 27.8 Å². The molecule has 2 aromatic heterocycles. The summed E-state index contributed by atoms with van der Waals surface area (Å²) in [6, 6.07) is 3.10. The molecule has 1 saturated heterocycles. The van der Waals surface area contributed by atoms with Crippen molar-refractivity contribution in [1.82, 2.24) is 9.97 Å². The van der Waals surface area contributed by atoms with Crippen LogP contribution in [0.15, 0.2) is 24.4 Å². The summed E-state index contributed by atoms with van der Waals surface area (Å²) in [6.45, 7) is 5.66. The average Bonchev–Trinajstić information content (AvgIpc) is 3.19. The smallest absolute Gasteiger partial charge is 0.269 e. The van der Waals surface area contributed by atoms with Crippen LogP contribution in [0.4, 0.5) is 19.7 Å². The van der Waals surface area contributed by atoms with E-state index in [1.807, 2.05) is 0 Å². The average molecular weight is 464 g/mol. The number of morpholine rings is 1. The van der Waals surface area contributed by atoms with E-state index in [2.05, 4.69) is 20.2 Å². The van der Waals surface area contributed by atoms with Crippen LogP contribution in [0.25, 0.3) is 10.2 Å². The number of carbonyl (C=O) groups is 1. The van der Waals surface area contributed by atoms with Gasteiger partial charge in [0.25, 0.3) is 5.91 Å². The van der Waals surface area contributed by atoms with Crippen LogP contribution in [0.2, 0.25) is 0 Å². The number of carbonyl (C=O) groups excluding carboxylic acids is 1. The van der Waals surface area contributed by atoms with Gasteiger partial charge in [-0.1, -0.05) is 11.3 Å². The van der Waals surface area contributed by atoms with Crippen molar-refractivity contribution >= 4 is 38.4 Å². The Balaban J connectivity index is 1.58. The van der Waals surface area contributed by atoms with Gasteiger partial charge in [0.15, 0.2) is 28.1 Å². The molecule has 0 atom stereocenters. The molecule has 4 rings (SSSR count). The Morgan fingerprint density at radius 1 is 1.25 bits per heavy atom. The van der Waals surface area contributed by atoms with Gasteiger partial charge in [-0.15, -0.1) is 0 Å². The molecule has 1 aliphatic heterocycles. The molecule has 11 heteroatoms. The predicted octanol–water partition coefficient (Wildman–Crippen LogP) is 3.61. The number of rotatable bonds is 6. The second-order valence-corrected chi connectivity index (χ2v) is 8.59. The van der Waals surface area contributed by atoms with Gasteiger partial charge in [0, 0.05) is 19.2 Å². The molecule has 1 N–H and O–H groups in total. The van der Waals surface area contributed by atoms with Gasteiger partial charge >= 0.3 is 0 Å². The Hall–Kier alpha value is -3.05. The van der Waals surface area contributed by atoms with E-state index < -0.39 is 23.1 Å². The van der Waals surface area contributed by atoms with Gasteiger partial charge in [-0.25, -0.2) is 18.7 Å². The number of amides is 1. The quantitative estimate of drug-likeness (QED) is 0.597. The van der Waals surface area contributed by atoms with Crippen LogP contribution >= 0.6 is 11.3 Å². The van der Waals surface area contributed by atoms with Crippen molar-refractivity contribution in [3.05, 3.63) is 36.0 Å². The maximum atomic E-state index is 13.5. The fourth-order valence-corrected chi connectivity index (χ4v) is 4.20. The number of fused-ring (bicyclic) bond motifs is 1. The van der Waals surface area contributed by atoms with Crippen LogP contribution in [0.5, 0.6) is 11.5 Å². The minimum atomic E-state index is -1.38. The fraction of sp³-hybridized carbons (Fsp3) is 0.381. The highest BCUT2D eigenvalue weighted by molar-refractivity contribution is 7.23. The fourth-order valence-electron chi connectivity index (χ4n) is 3.21. The lowest BCUT2D eigenvalue weighted by Gasteiger charge is -2.28. The van der Waals surface area contributed by atoms with E-state index in [9.17, 15) is 13.6 Å². The zero-order valence-electron chi connectivity index (χ0n) is 17.8. The maximum Gasteiger partial charge on any atom is 0.269 e. The lowest BCUT2D eigenvalue weighted by atomic mass is 10.1. The van der Waals surface area contributed by atoms with E-state index in [4.69, 9.17) is 14.2 Å². The Morgan fingerprint density at radius 2 is 2.00 bits per heavy atom. The molecule has 0 radical (unpaired) electrons. The first-order chi connectivity index (χ1) is 15.3. The molecule has 0 bridgehead atoms. The number of aromatic nitrogens is 2. The number of nitrogens with one attached hydrogen (secondary N) is 1. The Labute approximate surface area is 187 Å². The monoisotopic (exact) mass is 464 g/mol. The summed E-state index contributed by atoms with van der Waals surface area (Å²) < 4.78 is 43.8. The first-order valence-electron chi connectivity index (χ1n) is 9.90.